The third-order valence-corrected chi connectivity index (χ3v) is 5.55. The molecule has 1 N–H and O–H groups in total. The van der Waals surface area contributed by atoms with Crippen LogP contribution in [-0.4, -0.2) is 42.5 Å². The van der Waals surface area contributed by atoms with E-state index in [1.54, 1.807) is 0 Å². The second-order valence-corrected chi connectivity index (χ2v) is 8.03. The molecule has 1 aliphatic rings. The van der Waals surface area contributed by atoms with Gasteiger partial charge in [-0.2, -0.15) is 0 Å². The highest BCUT2D eigenvalue weighted by Crippen LogP contribution is 2.29. The summed E-state index contributed by atoms with van der Waals surface area (Å²) in [4.78, 5) is 0. The van der Waals surface area contributed by atoms with Crippen LogP contribution in [0.15, 0.2) is 91.0 Å². The minimum atomic E-state index is -1.59. The van der Waals surface area contributed by atoms with Crippen LogP contribution >= 0.6 is 0 Å². The summed E-state index contributed by atoms with van der Waals surface area (Å²) in [6.45, 7) is 0.809. The number of halogens is 1. The summed E-state index contributed by atoms with van der Waals surface area (Å²) in [6, 6.07) is 28.6. The van der Waals surface area contributed by atoms with Crippen molar-refractivity contribution in [2.24, 2.45) is 0 Å². The first-order chi connectivity index (χ1) is 16.2. The molecule has 5 atom stereocenters. The molecule has 33 heavy (non-hydrogen) atoms. The molecular formula is C27H29FO5. The molecule has 3 aromatic carbocycles. The molecule has 3 aromatic rings. The minimum absolute atomic E-state index is 0.0806. The molecule has 0 radical (unpaired) electrons. The standard InChI is InChI=1S/C27H29FO5/c28-24-25(31-17-21-12-6-2-7-13-21)23(19-30-16-20-10-4-1-5-11-20)33-27(29)26(24)32-18-22-14-8-3-9-15-22/h1-15,23-27,29H,16-19H2/t23-,24-,25-,26-,27-/m1/s1. The Morgan fingerprint density at radius 3 is 1.64 bits per heavy atom. The number of ether oxygens (including phenoxy) is 4. The Hall–Kier alpha value is -2.61. The fraction of sp³-hybridized carbons (Fsp3) is 0.333. The van der Waals surface area contributed by atoms with Crippen molar-refractivity contribution < 1.29 is 28.4 Å². The largest absolute Gasteiger partial charge is 0.374 e. The van der Waals surface area contributed by atoms with Crippen molar-refractivity contribution in [1.82, 2.24) is 0 Å². The van der Waals surface area contributed by atoms with E-state index in [1.807, 2.05) is 91.0 Å². The zero-order chi connectivity index (χ0) is 22.9. The second kappa shape index (κ2) is 12.0. The van der Waals surface area contributed by atoms with Crippen LogP contribution in [0.1, 0.15) is 16.7 Å². The lowest BCUT2D eigenvalue weighted by molar-refractivity contribution is -0.297. The molecule has 0 unspecified atom stereocenters. The van der Waals surface area contributed by atoms with Gasteiger partial charge in [-0.1, -0.05) is 91.0 Å². The lowest BCUT2D eigenvalue weighted by Gasteiger charge is -2.41. The third kappa shape index (κ3) is 6.69. The Balaban J connectivity index is 1.41. The smallest absolute Gasteiger partial charge is 0.184 e. The summed E-state index contributed by atoms with van der Waals surface area (Å²) in [5, 5.41) is 10.5. The normalized spacial score (nSPS) is 25.1. The highest BCUT2D eigenvalue weighted by Gasteiger charge is 2.47. The molecule has 1 heterocycles. The Morgan fingerprint density at radius 1 is 0.667 bits per heavy atom. The first kappa shape index (κ1) is 23.5. The van der Waals surface area contributed by atoms with Crippen LogP contribution in [0.4, 0.5) is 4.39 Å². The van der Waals surface area contributed by atoms with Gasteiger partial charge in [0, 0.05) is 0 Å². The Bertz CT molecular complexity index is 939. The summed E-state index contributed by atoms with van der Waals surface area (Å²) in [6.07, 6.45) is -5.92. The van der Waals surface area contributed by atoms with Gasteiger partial charge in [0.2, 0.25) is 0 Å². The average Bonchev–Trinajstić information content (AvgIpc) is 2.85. The lowest BCUT2D eigenvalue weighted by Crippen LogP contribution is -2.58. The number of rotatable bonds is 10. The van der Waals surface area contributed by atoms with E-state index in [2.05, 4.69) is 0 Å². The molecule has 1 fully saturated rings. The fourth-order valence-electron chi connectivity index (χ4n) is 3.79. The average molecular weight is 453 g/mol. The number of aliphatic hydroxyl groups is 1. The van der Waals surface area contributed by atoms with Gasteiger partial charge < -0.3 is 24.1 Å². The summed E-state index contributed by atoms with van der Waals surface area (Å²) < 4.78 is 38.8. The molecule has 0 aromatic heterocycles. The quantitative estimate of drug-likeness (QED) is 0.493. The molecule has 0 spiro atoms. The van der Waals surface area contributed by atoms with Crippen LogP contribution in [0.25, 0.3) is 0 Å². The lowest BCUT2D eigenvalue weighted by atomic mass is 9.99. The monoisotopic (exact) mass is 452 g/mol. The zero-order valence-corrected chi connectivity index (χ0v) is 18.3. The van der Waals surface area contributed by atoms with Crippen molar-refractivity contribution in [3.63, 3.8) is 0 Å². The topological polar surface area (TPSA) is 57.2 Å². The van der Waals surface area contributed by atoms with Gasteiger partial charge in [0.25, 0.3) is 0 Å². The number of hydrogen-bond acceptors (Lipinski definition) is 5. The predicted octanol–water partition coefficient (Wildman–Crippen LogP) is 4.43. The van der Waals surface area contributed by atoms with E-state index in [0.717, 1.165) is 16.7 Å². The highest BCUT2D eigenvalue weighted by atomic mass is 19.1. The molecule has 0 saturated carbocycles. The fourth-order valence-corrected chi connectivity index (χ4v) is 3.79. The van der Waals surface area contributed by atoms with Crippen LogP contribution in [0.3, 0.4) is 0 Å². The van der Waals surface area contributed by atoms with Crippen LogP contribution < -0.4 is 0 Å². The van der Waals surface area contributed by atoms with Crippen LogP contribution in [0.5, 0.6) is 0 Å². The number of benzene rings is 3. The van der Waals surface area contributed by atoms with Crippen molar-refractivity contribution in [1.29, 1.82) is 0 Å². The second-order valence-electron chi connectivity index (χ2n) is 8.03. The molecular weight excluding hydrogens is 423 g/mol. The Kier molecular flexibility index (Phi) is 8.58. The maximum Gasteiger partial charge on any atom is 0.184 e. The van der Waals surface area contributed by atoms with Gasteiger partial charge in [-0.25, -0.2) is 4.39 Å². The molecule has 0 bridgehead atoms. The van der Waals surface area contributed by atoms with Crippen molar-refractivity contribution in [3.05, 3.63) is 108 Å². The Morgan fingerprint density at radius 2 is 1.12 bits per heavy atom. The van der Waals surface area contributed by atoms with Crippen molar-refractivity contribution in [2.45, 2.75) is 50.6 Å². The van der Waals surface area contributed by atoms with Gasteiger partial charge in [0.1, 0.15) is 18.3 Å². The molecule has 1 saturated heterocycles. The van der Waals surface area contributed by atoms with E-state index in [9.17, 15) is 5.11 Å². The molecule has 0 aliphatic carbocycles. The first-order valence-electron chi connectivity index (χ1n) is 11.1. The summed E-state index contributed by atoms with van der Waals surface area (Å²) in [5.74, 6) is 0. The van der Waals surface area contributed by atoms with E-state index in [4.69, 9.17) is 18.9 Å². The molecule has 0 amide bonds. The zero-order valence-electron chi connectivity index (χ0n) is 18.3. The maximum atomic E-state index is 15.6. The van der Waals surface area contributed by atoms with E-state index < -0.39 is 30.8 Å². The number of hydrogen-bond donors (Lipinski definition) is 1. The highest BCUT2D eigenvalue weighted by molar-refractivity contribution is 5.15. The van der Waals surface area contributed by atoms with Crippen LogP contribution in [0, 0.1) is 0 Å². The van der Waals surface area contributed by atoms with Gasteiger partial charge in [-0.05, 0) is 16.7 Å². The Labute approximate surface area is 193 Å². The van der Waals surface area contributed by atoms with Crippen molar-refractivity contribution >= 4 is 0 Å². The number of alkyl halides is 1. The maximum absolute atomic E-state index is 15.6. The SMILES string of the molecule is O[C@@H]1O[C@H](COCc2ccccc2)[C@@H](OCc2ccccc2)[C@@H](F)[C@H]1OCc1ccccc1. The molecule has 6 heteroatoms. The van der Waals surface area contributed by atoms with Gasteiger partial charge in [0.15, 0.2) is 12.5 Å². The molecule has 174 valence electrons. The summed E-state index contributed by atoms with van der Waals surface area (Å²) in [5.41, 5.74) is 2.80. The van der Waals surface area contributed by atoms with Gasteiger partial charge in [0.05, 0.1) is 26.4 Å². The summed E-state index contributed by atoms with van der Waals surface area (Å²) in [7, 11) is 0. The van der Waals surface area contributed by atoms with Gasteiger partial charge in [-0.3, -0.25) is 0 Å². The minimum Gasteiger partial charge on any atom is -0.374 e. The predicted molar refractivity (Wildman–Crippen MR) is 122 cm³/mol. The van der Waals surface area contributed by atoms with Crippen LogP contribution in [-0.2, 0) is 38.8 Å². The first-order valence-corrected chi connectivity index (χ1v) is 11.1. The number of aliphatic hydroxyl groups excluding tert-OH is 1. The van der Waals surface area contributed by atoms with Crippen molar-refractivity contribution in [3.8, 4) is 0 Å². The van der Waals surface area contributed by atoms with E-state index in [-0.39, 0.29) is 19.8 Å². The molecule has 5 nitrogen and oxygen atoms in total. The van der Waals surface area contributed by atoms with Gasteiger partial charge >= 0.3 is 0 Å². The molecule has 1 aliphatic heterocycles. The van der Waals surface area contributed by atoms with E-state index >= 15 is 4.39 Å². The molecule has 4 rings (SSSR count). The van der Waals surface area contributed by atoms with Gasteiger partial charge in [-0.15, -0.1) is 0 Å². The summed E-state index contributed by atoms with van der Waals surface area (Å²) >= 11 is 0. The van der Waals surface area contributed by atoms with Crippen LogP contribution in [0.2, 0.25) is 0 Å². The van der Waals surface area contributed by atoms with E-state index in [0.29, 0.717) is 6.61 Å². The third-order valence-electron chi connectivity index (χ3n) is 5.55. The van der Waals surface area contributed by atoms with Crippen molar-refractivity contribution in [2.75, 3.05) is 6.61 Å². The van der Waals surface area contributed by atoms with E-state index in [1.165, 1.54) is 0 Å².